The lowest BCUT2D eigenvalue weighted by Gasteiger charge is -2.23. The number of anilines is 1. The van der Waals surface area contributed by atoms with Crippen molar-refractivity contribution in [3.63, 3.8) is 0 Å². The lowest BCUT2D eigenvalue weighted by molar-refractivity contribution is -0.119. The topological polar surface area (TPSA) is 112 Å². The molecule has 10 heteroatoms. The largest absolute Gasteiger partial charge is 0.497 e. The third-order valence-electron chi connectivity index (χ3n) is 5.40. The number of amides is 2. The maximum atomic E-state index is 13.1. The Morgan fingerprint density at radius 2 is 1.76 bits per heavy atom. The number of ether oxygens (including phenoxy) is 3. The van der Waals surface area contributed by atoms with E-state index in [1.807, 2.05) is 38.1 Å². The highest BCUT2D eigenvalue weighted by atomic mass is 32.1. The molecule has 1 aromatic heterocycles. The quantitative estimate of drug-likeness (QED) is 0.447. The molecule has 0 spiro atoms. The molecule has 1 heterocycles. The molecule has 2 unspecified atom stereocenters. The van der Waals surface area contributed by atoms with Crippen LogP contribution in [-0.4, -0.2) is 49.4 Å². The molecule has 2 aromatic carbocycles. The van der Waals surface area contributed by atoms with Gasteiger partial charge in [0.15, 0.2) is 11.5 Å². The summed E-state index contributed by atoms with van der Waals surface area (Å²) in [5, 5.41) is 14.9. The molecule has 0 aliphatic heterocycles. The van der Waals surface area contributed by atoms with Crippen LogP contribution < -0.4 is 24.8 Å². The van der Waals surface area contributed by atoms with Crippen molar-refractivity contribution in [1.82, 2.24) is 15.5 Å². The molecule has 0 saturated carbocycles. The minimum absolute atomic E-state index is 0.116. The molecule has 0 radical (unpaired) electrons. The van der Waals surface area contributed by atoms with Gasteiger partial charge in [-0.25, -0.2) is 0 Å². The Hall–Kier alpha value is -3.66. The van der Waals surface area contributed by atoms with Gasteiger partial charge in [0.05, 0.1) is 21.3 Å². The molecular weight excluding hydrogens is 456 g/mol. The number of methoxy groups -OCH3 is 3. The predicted molar refractivity (Wildman–Crippen MR) is 131 cm³/mol. The van der Waals surface area contributed by atoms with Crippen LogP contribution >= 0.6 is 11.3 Å². The molecule has 3 aromatic rings. The van der Waals surface area contributed by atoms with Gasteiger partial charge in [-0.3, -0.25) is 14.9 Å². The van der Waals surface area contributed by atoms with Crippen LogP contribution in [0.3, 0.4) is 0 Å². The lowest BCUT2D eigenvalue weighted by Crippen LogP contribution is -2.47. The SMILES string of the molecule is CCC(C)C(NC(=O)c1ccc(OC)c(OC)c1)C(=O)Nc1nnc(-c2cccc(OC)c2)s1. The highest BCUT2D eigenvalue weighted by molar-refractivity contribution is 7.18. The summed E-state index contributed by atoms with van der Waals surface area (Å²) >= 11 is 1.24. The molecule has 180 valence electrons. The van der Waals surface area contributed by atoms with Gasteiger partial charge in [-0.15, -0.1) is 10.2 Å². The van der Waals surface area contributed by atoms with Crippen LogP contribution in [0.5, 0.6) is 17.2 Å². The first kappa shape index (κ1) is 25.0. The number of nitrogens with one attached hydrogen (secondary N) is 2. The number of nitrogens with zero attached hydrogens (tertiary/aromatic N) is 2. The number of benzene rings is 2. The Morgan fingerprint density at radius 3 is 2.44 bits per heavy atom. The number of carbonyl (C=O) groups is 2. The molecule has 9 nitrogen and oxygen atoms in total. The molecule has 3 rings (SSSR count). The van der Waals surface area contributed by atoms with Crippen molar-refractivity contribution in [2.24, 2.45) is 5.92 Å². The van der Waals surface area contributed by atoms with Gasteiger partial charge in [0.1, 0.15) is 16.8 Å². The molecule has 0 fully saturated rings. The normalized spacial score (nSPS) is 12.4. The number of hydrogen-bond donors (Lipinski definition) is 2. The van der Waals surface area contributed by atoms with Gasteiger partial charge >= 0.3 is 0 Å². The van der Waals surface area contributed by atoms with Crippen molar-refractivity contribution in [2.45, 2.75) is 26.3 Å². The molecule has 0 aliphatic rings. The summed E-state index contributed by atoms with van der Waals surface area (Å²) in [5.74, 6) is 0.770. The second-order valence-corrected chi connectivity index (χ2v) is 8.52. The molecule has 0 aliphatic carbocycles. The standard InChI is InChI=1S/C24H28N4O5S/c1-6-14(2)20(25-21(29)15-10-11-18(32-4)19(13-15)33-5)22(30)26-24-28-27-23(34-24)16-8-7-9-17(12-16)31-3/h7-14,20H,6H2,1-5H3,(H,25,29)(H,26,28,30). The van der Waals surface area contributed by atoms with Crippen LogP contribution in [0.15, 0.2) is 42.5 Å². The Bertz CT molecular complexity index is 1150. The Labute approximate surface area is 202 Å². The van der Waals surface area contributed by atoms with Gasteiger partial charge in [-0.1, -0.05) is 43.7 Å². The Morgan fingerprint density at radius 1 is 1.00 bits per heavy atom. The van der Waals surface area contributed by atoms with E-state index in [0.29, 0.717) is 39.4 Å². The zero-order valence-corrected chi connectivity index (χ0v) is 20.6. The summed E-state index contributed by atoms with van der Waals surface area (Å²) in [6, 6.07) is 11.5. The summed E-state index contributed by atoms with van der Waals surface area (Å²) in [5.41, 5.74) is 1.19. The zero-order chi connectivity index (χ0) is 24.7. The van der Waals surface area contributed by atoms with Crippen LogP contribution in [0.1, 0.15) is 30.6 Å². The molecule has 2 amide bonds. The van der Waals surface area contributed by atoms with Crippen molar-refractivity contribution in [2.75, 3.05) is 26.6 Å². The van der Waals surface area contributed by atoms with E-state index in [-0.39, 0.29) is 11.8 Å². The zero-order valence-electron chi connectivity index (χ0n) is 19.7. The minimum Gasteiger partial charge on any atom is -0.497 e. The van der Waals surface area contributed by atoms with Crippen LogP contribution in [-0.2, 0) is 4.79 Å². The minimum atomic E-state index is -0.769. The average Bonchev–Trinajstić information content (AvgIpc) is 3.34. The second-order valence-electron chi connectivity index (χ2n) is 7.54. The van der Waals surface area contributed by atoms with Gasteiger partial charge in [-0.05, 0) is 36.2 Å². The third-order valence-corrected chi connectivity index (χ3v) is 6.29. The van der Waals surface area contributed by atoms with Crippen LogP contribution in [0, 0.1) is 5.92 Å². The van der Waals surface area contributed by atoms with Crippen molar-refractivity contribution in [3.05, 3.63) is 48.0 Å². The van der Waals surface area contributed by atoms with Gasteiger partial charge < -0.3 is 19.5 Å². The average molecular weight is 485 g/mol. The maximum Gasteiger partial charge on any atom is 0.252 e. The van der Waals surface area contributed by atoms with Crippen molar-refractivity contribution < 1.29 is 23.8 Å². The molecule has 0 saturated heterocycles. The molecular formula is C24H28N4O5S. The number of aromatic nitrogens is 2. The predicted octanol–water partition coefficient (Wildman–Crippen LogP) is 4.01. The van der Waals surface area contributed by atoms with Crippen LogP contribution in [0.2, 0.25) is 0 Å². The lowest BCUT2D eigenvalue weighted by atomic mass is 9.98. The van der Waals surface area contributed by atoms with E-state index in [1.165, 1.54) is 25.6 Å². The summed E-state index contributed by atoms with van der Waals surface area (Å²) in [7, 11) is 4.61. The smallest absolute Gasteiger partial charge is 0.252 e. The molecule has 2 N–H and O–H groups in total. The summed E-state index contributed by atoms with van der Waals surface area (Å²) in [6.45, 7) is 3.86. The van der Waals surface area contributed by atoms with Crippen molar-refractivity contribution in [3.8, 4) is 27.8 Å². The highest BCUT2D eigenvalue weighted by Crippen LogP contribution is 2.30. The van der Waals surface area contributed by atoms with Crippen LogP contribution in [0.4, 0.5) is 5.13 Å². The fraction of sp³-hybridized carbons (Fsp3) is 0.333. The fourth-order valence-corrected chi connectivity index (χ4v) is 3.98. The van der Waals surface area contributed by atoms with E-state index in [4.69, 9.17) is 14.2 Å². The third kappa shape index (κ3) is 5.82. The highest BCUT2D eigenvalue weighted by Gasteiger charge is 2.27. The number of carbonyl (C=O) groups excluding carboxylic acids is 2. The van der Waals surface area contributed by atoms with Gasteiger partial charge in [0, 0.05) is 11.1 Å². The first-order chi connectivity index (χ1) is 16.4. The van der Waals surface area contributed by atoms with E-state index < -0.39 is 11.9 Å². The summed E-state index contributed by atoms with van der Waals surface area (Å²) in [6.07, 6.45) is 0.690. The van der Waals surface area contributed by atoms with Crippen molar-refractivity contribution >= 4 is 28.3 Å². The van der Waals surface area contributed by atoms with Gasteiger partial charge in [-0.2, -0.15) is 0 Å². The molecule has 0 bridgehead atoms. The van der Waals surface area contributed by atoms with Crippen LogP contribution in [0.25, 0.3) is 10.6 Å². The molecule has 2 atom stereocenters. The monoisotopic (exact) mass is 484 g/mol. The summed E-state index contributed by atoms with van der Waals surface area (Å²) < 4.78 is 15.7. The first-order valence-corrected chi connectivity index (χ1v) is 11.5. The Kier molecular flexibility index (Phi) is 8.42. The van der Waals surface area contributed by atoms with E-state index in [0.717, 1.165) is 5.56 Å². The Balaban J connectivity index is 1.75. The fourth-order valence-electron chi connectivity index (χ4n) is 3.23. The maximum absolute atomic E-state index is 13.1. The van der Waals surface area contributed by atoms with Crippen molar-refractivity contribution in [1.29, 1.82) is 0 Å². The summed E-state index contributed by atoms with van der Waals surface area (Å²) in [4.78, 5) is 26.0. The second kappa shape index (κ2) is 11.5. The van der Waals surface area contributed by atoms with E-state index in [2.05, 4.69) is 20.8 Å². The van der Waals surface area contributed by atoms with Gasteiger partial charge in [0.2, 0.25) is 11.0 Å². The van der Waals surface area contributed by atoms with E-state index >= 15 is 0 Å². The van der Waals surface area contributed by atoms with E-state index in [1.54, 1.807) is 25.3 Å². The number of hydrogen-bond acceptors (Lipinski definition) is 8. The first-order valence-electron chi connectivity index (χ1n) is 10.7. The molecule has 34 heavy (non-hydrogen) atoms. The van der Waals surface area contributed by atoms with Gasteiger partial charge in [0.25, 0.3) is 5.91 Å². The number of rotatable bonds is 10. The van der Waals surface area contributed by atoms with E-state index in [9.17, 15) is 9.59 Å².